The quantitative estimate of drug-likeness (QED) is 0.487. The summed E-state index contributed by atoms with van der Waals surface area (Å²) in [5.74, 6) is 0. The van der Waals surface area contributed by atoms with E-state index in [1.807, 2.05) is 6.33 Å². The molecule has 0 radical (unpaired) electrons. The van der Waals surface area contributed by atoms with Crippen LogP contribution < -0.4 is 4.57 Å². The minimum atomic E-state index is 0.970. The fourth-order valence-electron chi connectivity index (χ4n) is 3.49. The molecule has 1 heterocycles. The third-order valence-corrected chi connectivity index (χ3v) is 4.57. The predicted octanol–water partition coefficient (Wildman–Crippen LogP) is 3.76. The van der Waals surface area contributed by atoms with E-state index in [-0.39, 0.29) is 0 Å². The first-order chi connectivity index (χ1) is 10.6. The Labute approximate surface area is 131 Å². The topological polar surface area (TPSA) is 16.8 Å². The van der Waals surface area contributed by atoms with Crippen molar-refractivity contribution in [1.82, 2.24) is 4.98 Å². The van der Waals surface area contributed by atoms with Crippen LogP contribution in [-0.2, 0) is 13.5 Å². The number of nitrogens with zero attached hydrogens (tertiary/aromatic N) is 2. The summed E-state index contributed by atoms with van der Waals surface area (Å²) in [6.07, 6.45) is 2.91. The van der Waals surface area contributed by atoms with Crippen molar-refractivity contribution in [2.24, 2.45) is 7.05 Å². The first-order valence-corrected chi connectivity index (χ1v) is 7.68. The molecule has 1 aliphatic rings. The molecule has 0 saturated carbocycles. The van der Waals surface area contributed by atoms with E-state index in [0.29, 0.717) is 0 Å². The van der Waals surface area contributed by atoms with Crippen molar-refractivity contribution in [2.45, 2.75) is 20.3 Å². The monoisotopic (exact) mass is 287 g/mol. The van der Waals surface area contributed by atoms with E-state index in [2.05, 4.69) is 67.9 Å². The van der Waals surface area contributed by atoms with Gasteiger partial charge in [0.25, 0.3) is 6.33 Å². The Kier molecular flexibility index (Phi) is 2.86. The predicted molar refractivity (Wildman–Crippen MR) is 88.6 cm³/mol. The first-order valence-electron chi connectivity index (χ1n) is 7.68. The molecular weight excluding hydrogens is 268 g/mol. The fourth-order valence-corrected chi connectivity index (χ4v) is 3.49. The smallest absolute Gasteiger partial charge is 0.232 e. The normalized spacial score (nSPS) is 12.1. The standard InChI is InChI=1S/C20H19N2/c1-13-8-9-17-15(10-13)11-18-19(17)21-12-22(3)20(18)16-7-5-4-6-14(16)2/h4-10,12H,11H2,1-3H3/q+1. The van der Waals surface area contributed by atoms with Gasteiger partial charge < -0.3 is 0 Å². The van der Waals surface area contributed by atoms with E-state index in [4.69, 9.17) is 4.98 Å². The average Bonchev–Trinajstić information content (AvgIpc) is 2.85. The molecule has 0 unspecified atom stereocenters. The minimum absolute atomic E-state index is 0.970. The van der Waals surface area contributed by atoms with Crippen molar-refractivity contribution >= 4 is 0 Å². The van der Waals surface area contributed by atoms with E-state index >= 15 is 0 Å². The maximum Gasteiger partial charge on any atom is 0.287 e. The number of benzene rings is 2. The van der Waals surface area contributed by atoms with Crippen molar-refractivity contribution in [3.05, 3.63) is 71.0 Å². The number of fused-ring (bicyclic) bond motifs is 3. The minimum Gasteiger partial charge on any atom is -0.232 e. The summed E-state index contributed by atoms with van der Waals surface area (Å²) in [5, 5.41) is 0. The molecule has 1 aliphatic carbocycles. The van der Waals surface area contributed by atoms with Crippen LogP contribution in [0.25, 0.3) is 22.5 Å². The summed E-state index contributed by atoms with van der Waals surface area (Å²) in [7, 11) is 2.09. The van der Waals surface area contributed by atoms with Gasteiger partial charge in [-0.25, -0.2) is 4.57 Å². The zero-order valence-corrected chi connectivity index (χ0v) is 13.2. The van der Waals surface area contributed by atoms with E-state index in [1.54, 1.807) is 0 Å². The Bertz CT molecular complexity index is 894. The molecule has 0 amide bonds. The van der Waals surface area contributed by atoms with Gasteiger partial charge in [0.15, 0.2) is 5.69 Å². The molecule has 22 heavy (non-hydrogen) atoms. The second kappa shape index (κ2) is 4.77. The zero-order valence-electron chi connectivity index (χ0n) is 13.2. The van der Waals surface area contributed by atoms with E-state index < -0.39 is 0 Å². The van der Waals surface area contributed by atoms with Gasteiger partial charge in [-0.2, -0.15) is 0 Å². The first kappa shape index (κ1) is 13.2. The Morgan fingerprint density at radius 2 is 1.82 bits per heavy atom. The molecule has 0 aliphatic heterocycles. The number of aryl methyl sites for hydroxylation is 3. The molecule has 3 aromatic rings. The third kappa shape index (κ3) is 1.87. The van der Waals surface area contributed by atoms with Crippen LogP contribution in [-0.4, -0.2) is 4.98 Å². The van der Waals surface area contributed by atoms with Gasteiger partial charge in [0.05, 0.1) is 12.6 Å². The van der Waals surface area contributed by atoms with Crippen LogP contribution in [0.4, 0.5) is 0 Å². The fraction of sp³-hybridized carbons (Fsp3) is 0.200. The molecule has 0 fully saturated rings. The molecule has 0 N–H and O–H groups in total. The van der Waals surface area contributed by atoms with Gasteiger partial charge in [-0.3, -0.25) is 0 Å². The van der Waals surface area contributed by atoms with Gasteiger partial charge in [-0.1, -0.05) is 42.0 Å². The molecule has 1 aromatic heterocycles. The molecule has 4 rings (SSSR count). The molecule has 0 spiro atoms. The lowest BCUT2D eigenvalue weighted by atomic mass is 9.99. The third-order valence-electron chi connectivity index (χ3n) is 4.57. The lowest BCUT2D eigenvalue weighted by Gasteiger charge is -2.09. The average molecular weight is 287 g/mol. The summed E-state index contributed by atoms with van der Waals surface area (Å²) in [6.45, 7) is 4.33. The summed E-state index contributed by atoms with van der Waals surface area (Å²) in [6, 6.07) is 15.3. The van der Waals surface area contributed by atoms with Gasteiger partial charge in [-0.15, -0.1) is 0 Å². The Morgan fingerprint density at radius 3 is 2.64 bits per heavy atom. The Hall–Kier alpha value is -2.48. The zero-order chi connectivity index (χ0) is 15.3. The summed E-state index contributed by atoms with van der Waals surface area (Å²) in [5.41, 5.74) is 10.4. The number of aromatic nitrogens is 2. The van der Waals surface area contributed by atoms with Crippen LogP contribution in [0.15, 0.2) is 48.8 Å². The van der Waals surface area contributed by atoms with Crippen LogP contribution >= 0.6 is 0 Å². The molecule has 2 heteroatoms. The molecule has 2 nitrogen and oxygen atoms in total. The lowest BCUT2D eigenvalue weighted by Crippen LogP contribution is -2.33. The SMILES string of the molecule is Cc1ccc2c(c1)Cc1c-2nc[n+](C)c1-c1ccccc1C. The van der Waals surface area contributed by atoms with Crippen molar-refractivity contribution in [3.8, 4) is 22.5 Å². The van der Waals surface area contributed by atoms with Crippen LogP contribution in [0.2, 0.25) is 0 Å². The Morgan fingerprint density at radius 1 is 1.00 bits per heavy atom. The summed E-state index contributed by atoms with van der Waals surface area (Å²) < 4.78 is 2.15. The van der Waals surface area contributed by atoms with E-state index in [9.17, 15) is 0 Å². The lowest BCUT2D eigenvalue weighted by molar-refractivity contribution is -0.663. The van der Waals surface area contributed by atoms with Crippen molar-refractivity contribution < 1.29 is 4.57 Å². The van der Waals surface area contributed by atoms with Gasteiger partial charge in [0.2, 0.25) is 0 Å². The highest BCUT2D eigenvalue weighted by Gasteiger charge is 2.30. The van der Waals surface area contributed by atoms with E-state index in [1.165, 1.54) is 39.1 Å². The molecule has 0 atom stereocenters. The highest BCUT2D eigenvalue weighted by Crippen LogP contribution is 2.39. The molecular formula is C20H19N2+. The molecule has 0 bridgehead atoms. The molecule has 0 saturated heterocycles. The highest BCUT2D eigenvalue weighted by molar-refractivity contribution is 5.80. The largest absolute Gasteiger partial charge is 0.287 e. The van der Waals surface area contributed by atoms with Gasteiger partial charge in [0.1, 0.15) is 5.69 Å². The number of hydrogen-bond acceptors (Lipinski definition) is 1. The number of rotatable bonds is 1. The van der Waals surface area contributed by atoms with Gasteiger partial charge in [0, 0.05) is 17.5 Å². The van der Waals surface area contributed by atoms with Crippen LogP contribution in [0, 0.1) is 13.8 Å². The summed E-state index contributed by atoms with van der Waals surface area (Å²) in [4.78, 5) is 4.71. The van der Waals surface area contributed by atoms with Crippen LogP contribution in [0.3, 0.4) is 0 Å². The number of hydrogen-bond donors (Lipinski definition) is 0. The van der Waals surface area contributed by atoms with Crippen molar-refractivity contribution in [1.29, 1.82) is 0 Å². The van der Waals surface area contributed by atoms with E-state index in [0.717, 1.165) is 12.1 Å². The summed E-state index contributed by atoms with van der Waals surface area (Å²) >= 11 is 0. The second-order valence-corrected chi connectivity index (χ2v) is 6.18. The second-order valence-electron chi connectivity index (χ2n) is 6.18. The highest BCUT2D eigenvalue weighted by atomic mass is 15.0. The maximum atomic E-state index is 4.71. The Balaban J connectivity index is 1.99. The van der Waals surface area contributed by atoms with Crippen LogP contribution in [0.5, 0.6) is 0 Å². The van der Waals surface area contributed by atoms with Crippen LogP contribution in [0.1, 0.15) is 22.3 Å². The van der Waals surface area contributed by atoms with Gasteiger partial charge >= 0.3 is 0 Å². The molecule has 2 aromatic carbocycles. The maximum absolute atomic E-state index is 4.71. The van der Waals surface area contributed by atoms with Gasteiger partial charge in [-0.05, 0) is 36.0 Å². The molecule has 108 valence electrons. The van der Waals surface area contributed by atoms with Crippen molar-refractivity contribution in [2.75, 3.05) is 0 Å². The van der Waals surface area contributed by atoms with Crippen molar-refractivity contribution in [3.63, 3.8) is 0 Å².